The van der Waals surface area contributed by atoms with Crippen molar-refractivity contribution >= 4 is 40.4 Å². The van der Waals surface area contributed by atoms with Gasteiger partial charge in [0.15, 0.2) is 10.6 Å². The summed E-state index contributed by atoms with van der Waals surface area (Å²) in [6.07, 6.45) is 8.76. The van der Waals surface area contributed by atoms with Crippen molar-refractivity contribution in [3.05, 3.63) is 102 Å². The molecule has 1 N–H and O–H groups in total. The van der Waals surface area contributed by atoms with Gasteiger partial charge in [0.25, 0.3) is 0 Å². The number of rotatable bonds is 12. The molecule has 0 saturated carbocycles. The molecule has 1 atom stereocenters. The van der Waals surface area contributed by atoms with Crippen LogP contribution in [0.15, 0.2) is 90.2 Å². The minimum Gasteiger partial charge on any atom is -0.611 e. The lowest BCUT2D eigenvalue weighted by Gasteiger charge is -2.12. The topological polar surface area (TPSA) is 79.2 Å². The van der Waals surface area contributed by atoms with Crippen molar-refractivity contribution < 1.29 is 14.1 Å². The molecule has 0 saturated heterocycles. The highest BCUT2D eigenvalue weighted by molar-refractivity contribution is 7.90. The number of halogens is 1. The maximum absolute atomic E-state index is 12.8. The third-order valence-electron chi connectivity index (χ3n) is 6.17. The summed E-state index contributed by atoms with van der Waals surface area (Å²) in [6.45, 7) is 5.65. The van der Waals surface area contributed by atoms with Crippen molar-refractivity contribution in [2.45, 2.75) is 43.9 Å². The lowest BCUT2D eigenvalue weighted by molar-refractivity contribution is -0.111. The molecule has 39 heavy (non-hydrogen) atoms. The van der Waals surface area contributed by atoms with E-state index in [-0.39, 0.29) is 5.91 Å². The van der Waals surface area contributed by atoms with E-state index in [0.717, 1.165) is 47.5 Å². The first kappa shape index (κ1) is 28.5. The third kappa shape index (κ3) is 7.99. The molecule has 1 aromatic heterocycles. The molecule has 3 aromatic carbocycles. The summed E-state index contributed by atoms with van der Waals surface area (Å²) in [7, 11) is 0. The van der Waals surface area contributed by atoms with Gasteiger partial charge in [-0.15, -0.1) is 0 Å². The van der Waals surface area contributed by atoms with E-state index in [9.17, 15) is 9.35 Å². The van der Waals surface area contributed by atoms with E-state index in [0.29, 0.717) is 28.0 Å². The first-order valence-electron chi connectivity index (χ1n) is 13.0. The Morgan fingerprint density at radius 3 is 2.54 bits per heavy atom. The number of aromatic nitrogens is 2. The third-order valence-corrected chi connectivity index (χ3v) is 7.87. The number of ether oxygens (including phenoxy) is 1. The van der Waals surface area contributed by atoms with E-state index in [4.69, 9.17) is 16.3 Å². The molecule has 0 unspecified atom stereocenters. The number of benzene rings is 3. The van der Waals surface area contributed by atoms with Crippen LogP contribution in [0.2, 0.25) is 5.02 Å². The molecule has 6 nitrogen and oxygen atoms in total. The summed E-state index contributed by atoms with van der Waals surface area (Å²) in [5.74, 6) is 0.950. The molecule has 202 valence electrons. The van der Waals surface area contributed by atoms with Crippen molar-refractivity contribution in [1.82, 2.24) is 9.55 Å². The Kier molecular flexibility index (Phi) is 10.3. The first-order chi connectivity index (χ1) is 19.0. The maximum Gasteiger partial charge on any atom is 0.248 e. The molecular formula is C31H32ClN3O3S. The van der Waals surface area contributed by atoms with Gasteiger partial charge in [-0.25, -0.2) is 4.98 Å². The Morgan fingerprint density at radius 1 is 1.08 bits per heavy atom. The Bertz CT molecular complexity index is 1400. The summed E-state index contributed by atoms with van der Waals surface area (Å²) in [5, 5.41) is 3.39. The Hall–Kier alpha value is -3.52. The maximum atomic E-state index is 12.8. The number of imidazole rings is 1. The van der Waals surface area contributed by atoms with Crippen LogP contribution >= 0.6 is 11.6 Å². The SMILES string of the molecule is CCCCOc1ccc(-c2ccc(Cl)c(/C=C/C(=O)Nc3ccc([S@@+]([O-])Cc4cncn4CC)cc3)c2)cc1. The number of carbonyl (C=O) groups excluding carboxylic acids is 1. The number of carbonyl (C=O) groups is 1. The van der Waals surface area contributed by atoms with Crippen LogP contribution in [0.5, 0.6) is 5.75 Å². The second-order valence-corrected chi connectivity index (χ2v) is 10.8. The predicted molar refractivity (Wildman–Crippen MR) is 159 cm³/mol. The van der Waals surface area contributed by atoms with Gasteiger partial charge >= 0.3 is 0 Å². The molecule has 0 aliphatic heterocycles. The zero-order chi connectivity index (χ0) is 27.6. The lowest BCUT2D eigenvalue weighted by atomic mass is 10.0. The van der Waals surface area contributed by atoms with Crippen molar-refractivity contribution in [1.29, 1.82) is 0 Å². The highest BCUT2D eigenvalue weighted by Gasteiger charge is 2.15. The van der Waals surface area contributed by atoms with Gasteiger partial charge in [0, 0.05) is 23.3 Å². The number of aryl methyl sites for hydroxylation is 1. The van der Waals surface area contributed by atoms with Gasteiger partial charge in [0.1, 0.15) is 5.75 Å². The van der Waals surface area contributed by atoms with Crippen molar-refractivity contribution in [3.63, 3.8) is 0 Å². The lowest BCUT2D eigenvalue weighted by Crippen LogP contribution is -2.10. The smallest absolute Gasteiger partial charge is 0.248 e. The number of nitrogens with zero attached hydrogens (tertiary/aromatic N) is 2. The van der Waals surface area contributed by atoms with Crippen molar-refractivity contribution in [2.24, 2.45) is 0 Å². The van der Waals surface area contributed by atoms with Crippen LogP contribution in [0.1, 0.15) is 37.9 Å². The van der Waals surface area contributed by atoms with Gasteiger partial charge in [-0.2, -0.15) is 0 Å². The number of nitrogens with one attached hydrogen (secondary N) is 1. The Balaban J connectivity index is 1.36. The second-order valence-electron chi connectivity index (χ2n) is 8.97. The number of hydrogen-bond acceptors (Lipinski definition) is 4. The van der Waals surface area contributed by atoms with Crippen molar-refractivity contribution in [3.8, 4) is 16.9 Å². The minimum atomic E-state index is -1.21. The molecule has 0 radical (unpaired) electrons. The second kappa shape index (κ2) is 14.0. The average molecular weight is 562 g/mol. The van der Waals surface area contributed by atoms with E-state index < -0.39 is 11.2 Å². The largest absolute Gasteiger partial charge is 0.611 e. The zero-order valence-corrected chi connectivity index (χ0v) is 23.7. The Labute approximate surface area is 237 Å². The monoisotopic (exact) mass is 561 g/mol. The summed E-state index contributed by atoms with van der Waals surface area (Å²) >= 11 is 5.20. The number of anilines is 1. The van der Waals surface area contributed by atoms with Gasteiger partial charge in [-0.1, -0.05) is 43.1 Å². The van der Waals surface area contributed by atoms with Crippen LogP contribution in [0.25, 0.3) is 17.2 Å². The fourth-order valence-corrected chi connectivity index (χ4v) is 5.24. The first-order valence-corrected chi connectivity index (χ1v) is 14.7. The summed E-state index contributed by atoms with van der Waals surface area (Å²) in [6, 6.07) is 20.7. The van der Waals surface area contributed by atoms with Crippen LogP contribution in [-0.4, -0.2) is 26.6 Å². The molecule has 0 fully saturated rings. The van der Waals surface area contributed by atoms with Crippen LogP contribution in [0.4, 0.5) is 5.69 Å². The van der Waals surface area contributed by atoms with E-state index in [2.05, 4.69) is 17.2 Å². The fourth-order valence-electron chi connectivity index (χ4n) is 3.94. The minimum absolute atomic E-state index is 0.286. The summed E-state index contributed by atoms with van der Waals surface area (Å²) in [5.41, 5.74) is 4.31. The molecule has 0 aliphatic rings. The van der Waals surface area contributed by atoms with Gasteiger partial charge in [-0.05, 0) is 95.8 Å². The van der Waals surface area contributed by atoms with E-state index in [1.54, 1.807) is 42.9 Å². The molecule has 4 rings (SSSR count). The standard InChI is InChI=1S/C31H32ClN3O3S/c1-3-5-18-38-28-12-6-23(7-13-28)24-8-16-30(32)25(19-24)9-17-31(36)34-26-10-14-29(15-11-26)39(37)21-27-20-33-22-35(27)4-2/h6-17,19-20,22H,3-5,18,21H2,1-2H3,(H,34,36)/b17-9+/t39-/m0/s1. The highest BCUT2D eigenvalue weighted by Crippen LogP contribution is 2.28. The number of hydrogen-bond donors (Lipinski definition) is 1. The van der Waals surface area contributed by atoms with Crippen LogP contribution in [0, 0.1) is 0 Å². The molecule has 0 aliphatic carbocycles. The van der Waals surface area contributed by atoms with Gasteiger partial charge in [-0.3, -0.25) is 4.79 Å². The number of amides is 1. The quantitative estimate of drug-likeness (QED) is 0.111. The fraction of sp³-hybridized carbons (Fsp3) is 0.226. The molecule has 1 amide bonds. The van der Waals surface area contributed by atoms with Crippen molar-refractivity contribution in [2.75, 3.05) is 11.9 Å². The highest BCUT2D eigenvalue weighted by atomic mass is 35.5. The van der Waals surface area contributed by atoms with Crippen LogP contribution < -0.4 is 10.1 Å². The van der Waals surface area contributed by atoms with E-state index >= 15 is 0 Å². The normalized spacial score (nSPS) is 12.0. The Morgan fingerprint density at radius 2 is 1.82 bits per heavy atom. The van der Waals surface area contributed by atoms with Gasteiger partial charge < -0.3 is 19.2 Å². The van der Waals surface area contributed by atoms with E-state index in [1.165, 1.54) is 6.08 Å². The number of unbranched alkanes of at least 4 members (excludes halogenated alkanes) is 1. The van der Waals surface area contributed by atoms with E-state index in [1.807, 2.05) is 54.0 Å². The molecule has 0 spiro atoms. The van der Waals surface area contributed by atoms with Crippen LogP contribution in [-0.2, 0) is 28.3 Å². The van der Waals surface area contributed by atoms with Gasteiger partial charge in [0.2, 0.25) is 5.91 Å². The molecular weight excluding hydrogens is 530 g/mol. The predicted octanol–water partition coefficient (Wildman–Crippen LogP) is 7.36. The van der Waals surface area contributed by atoms with Gasteiger partial charge in [0.05, 0.1) is 24.8 Å². The summed E-state index contributed by atoms with van der Waals surface area (Å²) in [4.78, 5) is 17.4. The molecule has 8 heteroatoms. The average Bonchev–Trinajstić information content (AvgIpc) is 3.40. The zero-order valence-electron chi connectivity index (χ0n) is 22.1. The molecule has 1 heterocycles. The summed E-state index contributed by atoms with van der Waals surface area (Å²) < 4.78 is 20.5. The molecule has 4 aromatic rings. The van der Waals surface area contributed by atoms with Crippen LogP contribution in [0.3, 0.4) is 0 Å². The molecule has 0 bridgehead atoms.